The SMILES string of the molecule is CCNC(=O)NCc1cnc(C)s1. The van der Waals surface area contributed by atoms with Crippen LogP contribution >= 0.6 is 11.3 Å². The van der Waals surface area contributed by atoms with Gasteiger partial charge in [0.05, 0.1) is 11.6 Å². The fourth-order valence-corrected chi connectivity index (χ4v) is 1.61. The van der Waals surface area contributed by atoms with E-state index in [-0.39, 0.29) is 6.03 Å². The van der Waals surface area contributed by atoms with E-state index in [4.69, 9.17) is 0 Å². The van der Waals surface area contributed by atoms with E-state index in [1.54, 1.807) is 17.5 Å². The summed E-state index contributed by atoms with van der Waals surface area (Å²) >= 11 is 1.59. The predicted molar refractivity (Wildman–Crippen MR) is 52.8 cm³/mol. The molecule has 0 unspecified atom stereocenters. The highest BCUT2D eigenvalue weighted by molar-refractivity contribution is 7.11. The van der Waals surface area contributed by atoms with Crippen LogP contribution < -0.4 is 10.6 Å². The highest BCUT2D eigenvalue weighted by Crippen LogP contribution is 2.10. The molecule has 0 spiro atoms. The first-order valence-electron chi connectivity index (χ1n) is 4.15. The number of thiazole rings is 1. The molecule has 2 amide bonds. The molecule has 0 aliphatic rings. The van der Waals surface area contributed by atoms with Crippen LogP contribution in [0, 0.1) is 6.92 Å². The molecule has 0 radical (unpaired) electrons. The predicted octanol–water partition coefficient (Wildman–Crippen LogP) is 1.27. The number of hydrogen-bond acceptors (Lipinski definition) is 3. The average Bonchev–Trinajstić information content (AvgIpc) is 2.49. The zero-order valence-electron chi connectivity index (χ0n) is 7.76. The van der Waals surface area contributed by atoms with Crippen molar-refractivity contribution in [3.8, 4) is 0 Å². The summed E-state index contributed by atoms with van der Waals surface area (Å²) in [5.74, 6) is 0. The average molecular weight is 199 g/mol. The molecule has 0 fully saturated rings. The van der Waals surface area contributed by atoms with Gasteiger partial charge in [0.15, 0.2) is 0 Å². The minimum Gasteiger partial charge on any atom is -0.338 e. The van der Waals surface area contributed by atoms with Crippen LogP contribution in [0.1, 0.15) is 16.8 Å². The third-order valence-electron chi connectivity index (χ3n) is 1.43. The van der Waals surface area contributed by atoms with Crippen molar-refractivity contribution in [2.24, 2.45) is 0 Å². The Morgan fingerprint density at radius 2 is 2.38 bits per heavy atom. The van der Waals surface area contributed by atoms with Crippen LogP contribution in [0.15, 0.2) is 6.20 Å². The van der Waals surface area contributed by atoms with E-state index in [2.05, 4.69) is 15.6 Å². The lowest BCUT2D eigenvalue weighted by Gasteiger charge is -2.02. The number of aromatic nitrogens is 1. The Labute approximate surface area is 81.4 Å². The van der Waals surface area contributed by atoms with Crippen LogP contribution in [0.5, 0.6) is 0 Å². The first-order chi connectivity index (χ1) is 6.22. The number of aryl methyl sites for hydroxylation is 1. The third-order valence-corrected chi connectivity index (χ3v) is 2.34. The molecule has 2 N–H and O–H groups in total. The highest BCUT2D eigenvalue weighted by atomic mass is 32.1. The second-order valence-electron chi connectivity index (χ2n) is 2.56. The molecule has 0 bridgehead atoms. The fraction of sp³-hybridized carbons (Fsp3) is 0.500. The summed E-state index contributed by atoms with van der Waals surface area (Å²) in [6.07, 6.45) is 1.78. The summed E-state index contributed by atoms with van der Waals surface area (Å²) < 4.78 is 0. The number of nitrogens with zero attached hydrogens (tertiary/aromatic N) is 1. The smallest absolute Gasteiger partial charge is 0.315 e. The van der Waals surface area contributed by atoms with E-state index in [0.29, 0.717) is 13.1 Å². The molecule has 13 heavy (non-hydrogen) atoms. The molecule has 1 aromatic heterocycles. The summed E-state index contributed by atoms with van der Waals surface area (Å²) in [5, 5.41) is 6.41. The van der Waals surface area contributed by atoms with Gasteiger partial charge < -0.3 is 10.6 Å². The van der Waals surface area contributed by atoms with Crippen molar-refractivity contribution in [1.29, 1.82) is 0 Å². The van der Waals surface area contributed by atoms with Crippen LogP contribution in [0.4, 0.5) is 4.79 Å². The van der Waals surface area contributed by atoms with E-state index in [1.807, 2.05) is 13.8 Å². The van der Waals surface area contributed by atoms with Gasteiger partial charge in [0.25, 0.3) is 0 Å². The number of rotatable bonds is 3. The normalized spacial score (nSPS) is 9.69. The Morgan fingerprint density at radius 3 is 2.92 bits per heavy atom. The van der Waals surface area contributed by atoms with Crippen molar-refractivity contribution >= 4 is 17.4 Å². The van der Waals surface area contributed by atoms with E-state index in [9.17, 15) is 4.79 Å². The molecule has 4 nitrogen and oxygen atoms in total. The molecule has 72 valence electrons. The molecule has 0 atom stereocenters. The molecule has 0 saturated carbocycles. The molecule has 0 aliphatic heterocycles. The Bertz CT molecular complexity index is 285. The second-order valence-corrected chi connectivity index (χ2v) is 3.88. The number of amides is 2. The van der Waals surface area contributed by atoms with Gasteiger partial charge in [-0.3, -0.25) is 0 Å². The third kappa shape index (κ3) is 3.42. The highest BCUT2D eigenvalue weighted by Gasteiger charge is 2.00. The van der Waals surface area contributed by atoms with Crippen molar-refractivity contribution in [1.82, 2.24) is 15.6 Å². The maximum atomic E-state index is 11.0. The van der Waals surface area contributed by atoms with Crippen molar-refractivity contribution in [3.63, 3.8) is 0 Å². The zero-order valence-corrected chi connectivity index (χ0v) is 8.57. The standard InChI is InChI=1S/C8H13N3OS/c1-3-9-8(12)11-5-7-4-10-6(2)13-7/h4H,3,5H2,1-2H3,(H2,9,11,12). The van der Waals surface area contributed by atoms with Gasteiger partial charge in [-0.05, 0) is 13.8 Å². The molecule has 1 aromatic rings. The van der Waals surface area contributed by atoms with Gasteiger partial charge in [-0.1, -0.05) is 0 Å². The Morgan fingerprint density at radius 1 is 1.62 bits per heavy atom. The van der Waals surface area contributed by atoms with E-state index < -0.39 is 0 Å². The molecule has 0 saturated heterocycles. The zero-order chi connectivity index (χ0) is 9.68. The molecular formula is C8H13N3OS. The van der Waals surface area contributed by atoms with Crippen LogP contribution in [0.2, 0.25) is 0 Å². The molecule has 5 heteroatoms. The van der Waals surface area contributed by atoms with Gasteiger partial charge >= 0.3 is 6.03 Å². The molecule has 1 rings (SSSR count). The van der Waals surface area contributed by atoms with Crippen molar-refractivity contribution < 1.29 is 4.79 Å². The van der Waals surface area contributed by atoms with Gasteiger partial charge in [0.1, 0.15) is 0 Å². The van der Waals surface area contributed by atoms with Gasteiger partial charge in [0, 0.05) is 17.6 Å². The Hall–Kier alpha value is -1.10. The summed E-state index contributed by atoms with van der Waals surface area (Å²) in [6.45, 7) is 5.03. The van der Waals surface area contributed by atoms with E-state index in [1.165, 1.54) is 0 Å². The number of nitrogens with one attached hydrogen (secondary N) is 2. The lowest BCUT2D eigenvalue weighted by atomic mass is 10.5. The largest absolute Gasteiger partial charge is 0.338 e. The van der Waals surface area contributed by atoms with Crippen molar-refractivity contribution in [2.75, 3.05) is 6.54 Å². The van der Waals surface area contributed by atoms with Crippen LogP contribution in [-0.4, -0.2) is 17.6 Å². The molecule has 0 aromatic carbocycles. The van der Waals surface area contributed by atoms with Crippen molar-refractivity contribution in [3.05, 3.63) is 16.1 Å². The van der Waals surface area contributed by atoms with Gasteiger partial charge in [-0.2, -0.15) is 0 Å². The summed E-state index contributed by atoms with van der Waals surface area (Å²) in [6, 6.07) is -0.131. The lowest BCUT2D eigenvalue weighted by molar-refractivity contribution is 0.241. The number of carbonyl (C=O) groups excluding carboxylic acids is 1. The first kappa shape index (κ1) is 9.98. The number of urea groups is 1. The first-order valence-corrected chi connectivity index (χ1v) is 4.97. The molecule has 1 heterocycles. The monoisotopic (exact) mass is 199 g/mol. The minimum absolute atomic E-state index is 0.131. The fourth-order valence-electron chi connectivity index (χ4n) is 0.878. The molecular weight excluding hydrogens is 186 g/mol. The topological polar surface area (TPSA) is 54.0 Å². The summed E-state index contributed by atoms with van der Waals surface area (Å²) in [7, 11) is 0. The van der Waals surface area contributed by atoms with E-state index in [0.717, 1.165) is 9.88 Å². The van der Waals surface area contributed by atoms with Gasteiger partial charge in [-0.25, -0.2) is 9.78 Å². The maximum Gasteiger partial charge on any atom is 0.315 e. The summed E-state index contributed by atoms with van der Waals surface area (Å²) in [4.78, 5) is 16.1. The lowest BCUT2D eigenvalue weighted by Crippen LogP contribution is -2.34. The Balaban J connectivity index is 2.30. The van der Waals surface area contributed by atoms with Gasteiger partial charge in [-0.15, -0.1) is 11.3 Å². The minimum atomic E-state index is -0.131. The second kappa shape index (κ2) is 4.81. The quantitative estimate of drug-likeness (QED) is 0.770. The van der Waals surface area contributed by atoms with Crippen molar-refractivity contribution in [2.45, 2.75) is 20.4 Å². The van der Waals surface area contributed by atoms with E-state index >= 15 is 0 Å². The van der Waals surface area contributed by atoms with Gasteiger partial charge in [0.2, 0.25) is 0 Å². The Kier molecular flexibility index (Phi) is 3.70. The number of hydrogen-bond donors (Lipinski definition) is 2. The van der Waals surface area contributed by atoms with Crippen LogP contribution in [-0.2, 0) is 6.54 Å². The van der Waals surface area contributed by atoms with Crippen LogP contribution in [0.3, 0.4) is 0 Å². The maximum absolute atomic E-state index is 11.0. The molecule has 0 aliphatic carbocycles. The number of carbonyl (C=O) groups is 1. The van der Waals surface area contributed by atoms with Crippen LogP contribution in [0.25, 0.3) is 0 Å². The summed E-state index contributed by atoms with van der Waals surface area (Å²) in [5.41, 5.74) is 0.